The zero-order valence-corrected chi connectivity index (χ0v) is 12.7. The summed E-state index contributed by atoms with van der Waals surface area (Å²) in [6.45, 7) is 0. The third kappa shape index (κ3) is 3.92. The summed E-state index contributed by atoms with van der Waals surface area (Å²) in [6, 6.07) is 4.80. The number of carbonyl (C=O) groups is 1. The lowest BCUT2D eigenvalue weighted by Gasteiger charge is -2.32. The van der Waals surface area contributed by atoms with E-state index in [1.807, 2.05) is 0 Å². The van der Waals surface area contributed by atoms with Crippen molar-refractivity contribution in [3.8, 4) is 0 Å². The first-order valence-corrected chi connectivity index (χ1v) is 7.58. The predicted molar refractivity (Wildman–Crippen MR) is 76.7 cm³/mol. The van der Waals surface area contributed by atoms with E-state index in [2.05, 4.69) is 0 Å². The molecule has 0 aliphatic heterocycles. The van der Waals surface area contributed by atoms with Crippen molar-refractivity contribution in [2.24, 2.45) is 11.8 Å². The predicted octanol–water partition coefficient (Wildman–Crippen LogP) is 5.47. The fourth-order valence-electron chi connectivity index (χ4n) is 2.91. The maximum atomic E-state index is 13.0. The van der Waals surface area contributed by atoms with E-state index >= 15 is 0 Å². The molecule has 116 valence electrons. The van der Waals surface area contributed by atoms with Crippen LogP contribution in [0.1, 0.15) is 31.2 Å². The fourth-order valence-corrected chi connectivity index (χ4v) is 3.45. The van der Waals surface area contributed by atoms with E-state index in [0.29, 0.717) is 28.5 Å². The van der Waals surface area contributed by atoms with Gasteiger partial charge in [0.25, 0.3) is 0 Å². The first-order valence-electron chi connectivity index (χ1n) is 6.83. The van der Waals surface area contributed by atoms with E-state index in [-0.39, 0.29) is 19.3 Å². The highest BCUT2D eigenvalue weighted by Crippen LogP contribution is 2.42. The highest BCUT2D eigenvalue weighted by atomic mass is 35.5. The fraction of sp³-hybridized carbons (Fsp3) is 0.533. The topological polar surface area (TPSA) is 17.1 Å². The lowest BCUT2D eigenvalue weighted by atomic mass is 9.75. The van der Waals surface area contributed by atoms with Crippen molar-refractivity contribution in [2.75, 3.05) is 0 Å². The summed E-state index contributed by atoms with van der Waals surface area (Å²) in [6.07, 6.45) is -3.00. The minimum atomic E-state index is -4.33. The van der Waals surface area contributed by atoms with Crippen LogP contribution in [0.2, 0.25) is 10.0 Å². The van der Waals surface area contributed by atoms with Crippen molar-refractivity contribution in [3.05, 3.63) is 33.8 Å². The van der Waals surface area contributed by atoms with Crippen LogP contribution in [-0.2, 0) is 11.2 Å². The molecular formula is C15H15Cl2F3O. The Bertz CT molecular complexity index is 508. The standard InChI is InChI=1S/C15H15Cl2F3O/c16-12-6-3-7-13(17)10(12)8-14(21)9-4-1-2-5-11(9)15(18,19)20/h3,6-7,9,11H,1-2,4-5,8H2. The smallest absolute Gasteiger partial charge is 0.299 e. The van der Waals surface area contributed by atoms with Crippen molar-refractivity contribution < 1.29 is 18.0 Å². The summed E-state index contributed by atoms with van der Waals surface area (Å²) in [7, 11) is 0. The third-order valence-electron chi connectivity index (χ3n) is 4.01. The van der Waals surface area contributed by atoms with E-state index in [4.69, 9.17) is 23.2 Å². The number of benzene rings is 1. The second-order valence-electron chi connectivity index (χ2n) is 5.38. The molecule has 0 spiro atoms. The van der Waals surface area contributed by atoms with Gasteiger partial charge in [0, 0.05) is 22.4 Å². The molecule has 1 aliphatic carbocycles. The summed E-state index contributed by atoms with van der Waals surface area (Å²) < 4.78 is 39.1. The largest absolute Gasteiger partial charge is 0.392 e. The molecule has 0 radical (unpaired) electrons. The van der Waals surface area contributed by atoms with Gasteiger partial charge in [0.05, 0.1) is 5.92 Å². The number of rotatable bonds is 3. The SMILES string of the molecule is O=C(Cc1c(Cl)cccc1Cl)C1CCCCC1C(F)(F)F. The molecule has 1 fully saturated rings. The van der Waals surface area contributed by atoms with Crippen LogP contribution in [-0.4, -0.2) is 12.0 Å². The monoisotopic (exact) mass is 338 g/mol. The number of hydrogen-bond acceptors (Lipinski definition) is 1. The van der Waals surface area contributed by atoms with Gasteiger partial charge in [-0.3, -0.25) is 4.79 Å². The van der Waals surface area contributed by atoms with Crippen LogP contribution in [0.15, 0.2) is 18.2 Å². The molecule has 0 heterocycles. The van der Waals surface area contributed by atoms with Crippen LogP contribution < -0.4 is 0 Å². The molecule has 1 aliphatic rings. The van der Waals surface area contributed by atoms with Gasteiger partial charge in [0.2, 0.25) is 0 Å². The molecule has 1 aromatic rings. The third-order valence-corrected chi connectivity index (χ3v) is 4.72. The van der Waals surface area contributed by atoms with Gasteiger partial charge in [0.15, 0.2) is 0 Å². The maximum absolute atomic E-state index is 13.0. The summed E-state index contributed by atoms with van der Waals surface area (Å²) in [5.41, 5.74) is 0.414. The second kappa shape index (κ2) is 6.57. The van der Waals surface area contributed by atoms with Crippen LogP contribution in [0, 0.1) is 11.8 Å². The van der Waals surface area contributed by atoms with E-state index in [0.717, 1.165) is 0 Å². The zero-order valence-electron chi connectivity index (χ0n) is 11.2. The zero-order chi connectivity index (χ0) is 15.6. The molecule has 2 rings (SSSR count). The number of halogens is 5. The Kier molecular flexibility index (Phi) is 5.20. The van der Waals surface area contributed by atoms with Crippen LogP contribution in [0.25, 0.3) is 0 Å². The van der Waals surface area contributed by atoms with Crippen molar-refractivity contribution in [3.63, 3.8) is 0 Å². The molecule has 2 unspecified atom stereocenters. The van der Waals surface area contributed by atoms with Gasteiger partial charge in [-0.1, -0.05) is 42.1 Å². The van der Waals surface area contributed by atoms with Crippen molar-refractivity contribution in [1.29, 1.82) is 0 Å². The van der Waals surface area contributed by atoms with E-state index in [1.54, 1.807) is 18.2 Å². The summed E-state index contributed by atoms with van der Waals surface area (Å²) in [4.78, 5) is 12.3. The molecule has 0 aromatic heterocycles. The lowest BCUT2D eigenvalue weighted by molar-refractivity contribution is -0.197. The molecule has 0 amide bonds. The first-order chi connectivity index (χ1) is 9.80. The van der Waals surface area contributed by atoms with Crippen LogP contribution in [0.3, 0.4) is 0 Å². The summed E-state index contributed by atoms with van der Waals surface area (Å²) in [5, 5.41) is 0.630. The minimum absolute atomic E-state index is 0.0240. The van der Waals surface area contributed by atoms with Gasteiger partial charge < -0.3 is 0 Å². The van der Waals surface area contributed by atoms with Crippen molar-refractivity contribution >= 4 is 29.0 Å². The van der Waals surface area contributed by atoms with Gasteiger partial charge in [-0.2, -0.15) is 13.2 Å². The highest BCUT2D eigenvalue weighted by molar-refractivity contribution is 6.36. The molecule has 0 bridgehead atoms. The van der Waals surface area contributed by atoms with E-state index < -0.39 is 23.8 Å². The Balaban J connectivity index is 2.18. The Hall–Kier alpha value is -0.740. The van der Waals surface area contributed by atoms with Gasteiger partial charge in [0.1, 0.15) is 5.78 Å². The Labute approximate surface area is 131 Å². The molecule has 1 nitrogen and oxygen atoms in total. The molecule has 1 saturated carbocycles. The normalized spacial score (nSPS) is 23.1. The minimum Gasteiger partial charge on any atom is -0.299 e. The lowest BCUT2D eigenvalue weighted by Crippen LogP contribution is -2.37. The second-order valence-corrected chi connectivity index (χ2v) is 6.20. The molecule has 1 aromatic carbocycles. The summed E-state index contributed by atoms with van der Waals surface area (Å²) >= 11 is 12.0. The Morgan fingerprint density at radius 3 is 2.29 bits per heavy atom. The number of carbonyl (C=O) groups excluding carboxylic acids is 1. The summed E-state index contributed by atoms with van der Waals surface area (Å²) in [5.74, 6) is -2.95. The number of alkyl halides is 3. The van der Waals surface area contributed by atoms with Gasteiger partial charge >= 0.3 is 6.18 Å². The van der Waals surface area contributed by atoms with Crippen molar-refractivity contribution in [1.82, 2.24) is 0 Å². The molecule has 2 atom stereocenters. The average Bonchev–Trinajstić information content (AvgIpc) is 2.42. The Morgan fingerprint density at radius 1 is 1.14 bits per heavy atom. The van der Waals surface area contributed by atoms with Gasteiger partial charge in [-0.25, -0.2) is 0 Å². The molecular weight excluding hydrogens is 324 g/mol. The average molecular weight is 339 g/mol. The van der Waals surface area contributed by atoms with Gasteiger partial charge in [-0.05, 0) is 30.5 Å². The van der Waals surface area contributed by atoms with Crippen LogP contribution in [0.4, 0.5) is 13.2 Å². The molecule has 6 heteroatoms. The van der Waals surface area contributed by atoms with Crippen LogP contribution in [0.5, 0.6) is 0 Å². The number of hydrogen-bond donors (Lipinski definition) is 0. The molecule has 21 heavy (non-hydrogen) atoms. The van der Waals surface area contributed by atoms with Crippen LogP contribution >= 0.6 is 23.2 Å². The maximum Gasteiger partial charge on any atom is 0.392 e. The van der Waals surface area contributed by atoms with E-state index in [1.165, 1.54) is 0 Å². The molecule has 0 N–H and O–H groups in total. The molecule has 0 saturated heterocycles. The van der Waals surface area contributed by atoms with Gasteiger partial charge in [-0.15, -0.1) is 0 Å². The highest BCUT2D eigenvalue weighted by Gasteiger charge is 2.47. The quantitative estimate of drug-likeness (QED) is 0.713. The first kappa shape index (κ1) is 16.6. The number of ketones is 1. The van der Waals surface area contributed by atoms with E-state index in [9.17, 15) is 18.0 Å². The van der Waals surface area contributed by atoms with Crippen molar-refractivity contribution in [2.45, 2.75) is 38.3 Å². The Morgan fingerprint density at radius 2 is 1.71 bits per heavy atom. The number of Topliss-reactive ketones (excluding diaryl/α,β-unsaturated/α-hetero) is 1.